The average molecular weight is 235 g/mol. The predicted octanol–water partition coefficient (Wildman–Crippen LogP) is 0.510. The molecule has 1 rings (SSSR count). The highest BCUT2D eigenvalue weighted by Gasteiger charge is 2.25. The molecular formula is C12H17N3O2. The topological polar surface area (TPSA) is 98.2 Å². The summed E-state index contributed by atoms with van der Waals surface area (Å²) in [4.78, 5) is 22.8. The Morgan fingerprint density at radius 2 is 2.00 bits per heavy atom. The largest absolute Gasteiger partial charge is 0.399 e. The lowest BCUT2D eigenvalue weighted by molar-refractivity contribution is -0.125. The Hall–Kier alpha value is -2.04. The smallest absolute Gasteiger partial charge is 0.251 e. The van der Waals surface area contributed by atoms with Crippen LogP contribution in [0.2, 0.25) is 0 Å². The normalized spacial score (nSPS) is 10.9. The van der Waals surface area contributed by atoms with Crippen molar-refractivity contribution in [3.05, 3.63) is 29.8 Å². The van der Waals surface area contributed by atoms with Crippen LogP contribution in [0.5, 0.6) is 0 Å². The summed E-state index contributed by atoms with van der Waals surface area (Å²) < 4.78 is 0. The van der Waals surface area contributed by atoms with Gasteiger partial charge in [0.1, 0.15) is 0 Å². The van der Waals surface area contributed by atoms with Crippen molar-refractivity contribution in [2.24, 2.45) is 11.1 Å². The molecule has 0 aliphatic heterocycles. The Labute approximate surface area is 100 Å². The van der Waals surface area contributed by atoms with E-state index in [1.54, 1.807) is 38.1 Å². The van der Waals surface area contributed by atoms with E-state index < -0.39 is 11.3 Å². The molecule has 0 aliphatic carbocycles. The van der Waals surface area contributed by atoms with Crippen LogP contribution in [0.1, 0.15) is 24.2 Å². The Morgan fingerprint density at radius 1 is 1.35 bits per heavy atom. The van der Waals surface area contributed by atoms with Crippen LogP contribution in [-0.2, 0) is 4.79 Å². The molecule has 0 unspecified atom stereocenters. The molecule has 0 spiro atoms. The molecule has 0 aliphatic rings. The van der Waals surface area contributed by atoms with Crippen molar-refractivity contribution >= 4 is 17.5 Å². The summed E-state index contributed by atoms with van der Waals surface area (Å²) in [5.41, 5.74) is 11.0. The van der Waals surface area contributed by atoms with Crippen LogP contribution < -0.4 is 16.8 Å². The third-order valence-corrected chi connectivity index (χ3v) is 2.51. The van der Waals surface area contributed by atoms with Gasteiger partial charge in [0.25, 0.3) is 5.91 Å². The van der Waals surface area contributed by atoms with E-state index in [1.165, 1.54) is 0 Å². The fourth-order valence-corrected chi connectivity index (χ4v) is 1.17. The Morgan fingerprint density at radius 3 is 2.53 bits per heavy atom. The average Bonchev–Trinajstić information content (AvgIpc) is 2.25. The molecule has 0 fully saturated rings. The summed E-state index contributed by atoms with van der Waals surface area (Å²) in [5.74, 6) is -0.725. The van der Waals surface area contributed by atoms with Gasteiger partial charge in [-0.3, -0.25) is 9.59 Å². The Bertz CT molecular complexity index is 441. The maximum atomic E-state index is 11.7. The van der Waals surface area contributed by atoms with E-state index in [0.717, 1.165) is 0 Å². The molecule has 5 N–H and O–H groups in total. The number of anilines is 1. The first kappa shape index (κ1) is 13.0. The number of benzene rings is 1. The van der Waals surface area contributed by atoms with Crippen molar-refractivity contribution in [1.29, 1.82) is 0 Å². The number of rotatable bonds is 4. The van der Waals surface area contributed by atoms with Gasteiger partial charge < -0.3 is 16.8 Å². The standard InChI is InChI=1S/C12H17N3O2/c1-12(2,11(14)17)7-15-10(16)8-4-3-5-9(13)6-8/h3-6H,7,13H2,1-2H3,(H2,14,17)(H,15,16). The highest BCUT2D eigenvalue weighted by atomic mass is 16.2. The van der Waals surface area contributed by atoms with Crippen LogP contribution in [-0.4, -0.2) is 18.4 Å². The van der Waals surface area contributed by atoms with Crippen LogP contribution in [0.25, 0.3) is 0 Å². The fraction of sp³-hybridized carbons (Fsp3) is 0.333. The molecule has 5 nitrogen and oxygen atoms in total. The van der Waals surface area contributed by atoms with Gasteiger partial charge in [0, 0.05) is 17.8 Å². The highest BCUT2D eigenvalue weighted by molar-refractivity contribution is 5.95. The minimum Gasteiger partial charge on any atom is -0.399 e. The Kier molecular flexibility index (Phi) is 3.73. The molecule has 2 amide bonds. The SMILES string of the molecule is CC(C)(CNC(=O)c1cccc(N)c1)C(N)=O. The summed E-state index contributed by atoms with van der Waals surface area (Å²) in [6, 6.07) is 6.63. The molecule has 0 radical (unpaired) electrons. The van der Waals surface area contributed by atoms with Gasteiger partial charge in [0.15, 0.2) is 0 Å². The monoisotopic (exact) mass is 235 g/mol. The number of nitrogen functional groups attached to an aromatic ring is 1. The van der Waals surface area contributed by atoms with Crippen molar-refractivity contribution in [1.82, 2.24) is 5.32 Å². The summed E-state index contributed by atoms with van der Waals surface area (Å²) in [7, 11) is 0. The molecule has 5 heteroatoms. The fourth-order valence-electron chi connectivity index (χ4n) is 1.17. The predicted molar refractivity (Wildman–Crippen MR) is 66.2 cm³/mol. The molecular weight excluding hydrogens is 218 g/mol. The third-order valence-electron chi connectivity index (χ3n) is 2.51. The number of carbonyl (C=O) groups excluding carboxylic acids is 2. The van der Waals surface area contributed by atoms with Crippen LogP contribution in [0.15, 0.2) is 24.3 Å². The molecule has 0 atom stereocenters. The minimum atomic E-state index is -0.768. The molecule has 0 saturated heterocycles. The number of primary amides is 1. The number of hydrogen-bond donors (Lipinski definition) is 3. The van der Waals surface area contributed by atoms with Gasteiger partial charge in [-0.1, -0.05) is 6.07 Å². The first-order chi connectivity index (χ1) is 7.83. The third kappa shape index (κ3) is 3.48. The van der Waals surface area contributed by atoms with Crippen molar-refractivity contribution in [3.8, 4) is 0 Å². The van der Waals surface area contributed by atoms with Gasteiger partial charge in [0.05, 0.1) is 5.41 Å². The molecule has 17 heavy (non-hydrogen) atoms. The number of hydrogen-bond acceptors (Lipinski definition) is 3. The summed E-state index contributed by atoms with van der Waals surface area (Å²) in [6.07, 6.45) is 0. The van der Waals surface area contributed by atoms with E-state index in [1.807, 2.05) is 0 Å². The van der Waals surface area contributed by atoms with Gasteiger partial charge in [-0.05, 0) is 32.0 Å². The lowest BCUT2D eigenvalue weighted by Gasteiger charge is -2.20. The second-order valence-corrected chi connectivity index (χ2v) is 4.56. The maximum absolute atomic E-state index is 11.7. The van der Waals surface area contributed by atoms with Gasteiger partial charge in [-0.25, -0.2) is 0 Å². The van der Waals surface area contributed by atoms with Gasteiger partial charge >= 0.3 is 0 Å². The lowest BCUT2D eigenvalue weighted by Crippen LogP contribution is -2.42. The molecule has 1 aromatic rings. The van der Waals surface area contributed by atoms with Gasteiger partial charge in [-0.15, -0.1) is 0 Å². The molecule has 0 aromatic heterocycles. The zero-order valence-electron chi connectivity index (χ0n) is 9.99. The second-order valence-electron chi connectivity index (χ2n) is 4.56. The van der Waals surface area contributed by atoms with E-state index in [9.17, 15) is 9.59 Å². The number of nitrogens with two attached hydrogens (primary N) is 2. The number of nitrogens with one attached hydrogen (secondary N) is 1. The maximum Gasteiger partial charge on any atom is 0.251 e. The summed E-state index contributed by atoms with van der Waals surface area (Å²) >= 11 is 0. The zero-order valence-corrected chi connectivity index (χ0v) is 9.99. The highest BCUT2D eigenvalue weighted by Crippen LogP contribution is 2.13. The second kappa shape index (κ2) is 4.86. The van der Waals surface area contributed by atoms with E-state index >= 15 is 0 Å². The molecule has 92 valence electrons. The summed E-state index contributed by atoms with van der Waals surface area (Å²) in [5, 5.41) is 2.65. The van der Waals surface area contributed by atoms with Crippen molar-refractivity contribution < 1.29 is 9.59 Å². The van der Waals surface area contributed by atoms with E-state index in [-0.39, 0.29) is 12.5 Å². The minimum absolute atomic E-state index is 0.190. The van der Waals surface area contributed by atoms with Crippen LogP contribution in [0.3, 0.4) is 0 Å². The van der Waals surface area contributed by atoms with Gasteiger partial charge in [-0.2, -0.15) is 0 Å². The van der Waals surface area contributed by atoms with Crippen LogP contribution >= 0.6 is 0 Å². The van der Waals surface area contributed by atoms with E-state index in [2.05, 4.69) is 5.32 Å². The van der Waals surface area contributed by atoms with E-state index in [4.69, 9.17) is 11.5 Å². The molecule has 0 bridgehead atoms. The number of carbonyl (C=O) groups is 2. The molecule has 0 saturated carbocycles. The Balaban J connectivity index is 2.65. The quantitative estimate of drug-likeness (QED) is 0.663. The van der Waals surface area contributed by atoms with Gasteiger partial charge in [0.2, 0.25) is 5.91 Å². The first-order valence-electron chi connectivity index (χ1n) is 5.26. The van der Waals surface area contributed by atoms with Crippen molar-refractivity contribution in [2.45, 2.75) is 13.8 Å². The van der Waals surface area contributed by atoms with Crippen molar-refractivity contribution in [2.75, 3.05) is 12.3 Å². The van der Waals surface area contributed by atoms with Crippen LogP contribution in [0, 0.1) is 5.41 Å². The van der Waals surface area contributed by atoms with Crippen LogP contribution in [0.4, 0.5) is 5.69 Å². The first-order valence-corrected chi connectivity index (χ1v) is 5.26. The molecule has 1 aromatic carbocycles. The molecule has 0 heterocycles. The van der Waals surface area contributed by atoms with E-state index in [0.29, 0.717) is 11.3 Å². The lowest BCUT2D eigenvalue weighted by atomic mass is 9.92. The summed E-state index contributed by atoms with van der Waals surface area (Å²) in [6.45, 7) is 3.54. The van der Waals surface area contributed by atoms with Crippen molar-refractivity contribution in [3.63, 3.8) is 0 Å². The zero-order chi connectivity index (χ0) is 13.1. The number of amides is 2.